The average molecular weight is 153 g/mol. The summed E-state index contributed by atoms with van der Waals surface area (Å²) in [7, 11) is -1.09. The highest BCUT2D eigenvalue weighted by molar-refractivity contribution is 7.20. The Morgan fingerprint density at radius 3 is 3.10 bits per heavy atom. The van der Waals surface area contributed by atoms with Crippen LogP contribution in [0.1, 0.15) is 0 Å². The standard InChI is InChI=1S/C5H4BNO2S/c7-4-9-6(8)5-2-1-3-10-5/h1-3,8H. The second-order valence-electron chi connectivity index (χ2n) is 1.58. The first kappa shape index (κ1) is 7.13. The molecule has 1 aromatic rings. The third-order valence-electron chi connectivity index (χ3n) is 0.951. The van der Waals surface area contributed by atoms with Crippen LogP contribution >= 0.6 is 11.3 Å². The normalized spacial score (nSPS) is 8.40. The quantitative estimate of drug-likeness (QED) is 0.478. The average Bonchev–Trinajstić information content (AvgIpc) is 2.38. The van der Waals surface area contributed by atoms with Crippen LogP contribution in [0.5, 0.6) is 0 Å². The van der Waals surface area contributed by atoms with Crippen LogP contribution in [-0.4, -0.2) is 12.1 Å². The summed E-state index contributed by atoms with van der Waals surface area (Å²) in [6, 6.07) is 3.48. The van der Waals surface area contributed by atoms with E-state index in [1.807, 2.05) is 0 Å². The number of hydrogen-bond acceptors (Lipinski definition) is 4. The van der Waals surface area contributed by atoms with Crippen molar-refractivity contribution in [3.05, 3.63) is 17.5 Å². The molecule has 1 heterocycles. The van der Waals surface area contributed by atoms with E-state index >= 15 is 0 Å². The first-order valence-electron chi connectivity index (χ1n) is 2.61. The van der Waals surface area contributed by atoms with Gasteiger partial charge in [0.05, 0.1) is 4.78 Å². The van der Waals surface area contributed by atoms with E-state index in [1.54, 1.807) is 17.5 Å². The van der Waals surface area contributed by atoms with Crippen molar-refractivity contribution in [3.8, 4) is 6.26 Å². The third kappa shape index (κ3) is 1.50. The van der Waals surface area contributed by atoms with Gasteiger partial charge in [0.2, 0.25) is 0 Å². The fraction of sp³-hybridized carbons (Fsp3) is 0. The Bertz CT molecular complexity index is 230. The molecule has 0 bridgehead atoms. The van der Waals surface area contributed by atoms with Gasteiger partial charge < -0.3 is 9.68 Å². The van der Waals surface area contributed by atoms with E-state index in [1.165, 1.54) is 17.6 Å². The fourth-order valence-electron chi connectivity index (χ4n) is 0.540. The summed E-state index contributed by atoms with van der Waals surface area (Å²) in [6.07, 6.45) is 1.41. The molecule has 50 valence electrons. The zero-order valence-electron chi connectivity index (χ0n) is 5.02. The van der Waals surface area contributed by atoms with E-state index in [2.05, 4.69) is 4.65 Å². The van der Waals surface area contributed by atoms with Crippen molar-refractivity contribution in [3.63, 3.8) is 0 Å². The van der Waals surface area contributed by atoms with Gasteiger partial charge in [0.1, 0.15) is 0 Å². The predicted octanol–water partition coefficient (Wildman–Crippen LogP) is -0.0667. The van der Waals surface area contributed by atoms with Crippen LogP contribution in [0.4, 0.5) is 0 Å². The topological polar surface area (TPSA) is 53.2 Å². The minimum Gasteiger partial charge on any atom is -0.463 e. The Balaban J connectivity index is 2.61. The number of nitrogens with zero attached hydrogens (tertiary/aromatic N) is 1. The van der Waals surface area contributed by atoms with Crippen LogP contribution < -0.4 is 4.78 Å². The minimum atomic E-state index is -1.09. The number of rotatable bonds is 2. The van der Waals surface area contributed by atoms with Crippen LogP contribution in [0.25, 0.3) is 0 Å². The molecular weight excluding hydrogens is 149 g/mol. The van der Waals surface area contributed by atoms with Gasteiger partial charge in [0.25, 0.3) is 6.26 Å². The van der Waals surface area contributed by atoms with Crippen molar-refractivity contribution in [2.24, 2.45) is 0 Å². The maximum atomic E-state index is 8.98. The number of thiophene rings is 1. The lowest BCUT2D eigenvalue weighted by molar-refractivity contribution is 0.403. The first-order valence-corrected chi connectivity index (χ1v) is 3.49. The summed E-state index contributed by atoms with van der Waals surface area (Å²) in [5, 5.41) is 18.8. The summed E-state index contributed by atoms with van der Waals surface area (Å²) in [5.74, 6) is 0. The summed E-state index contributed by atoms with van der Waals surface area (Å²) < 4.78 is 4.90. The van der Waals surface area contributed by atoms with Gasteiger partial charge in [-0.1, -0.05) is 12.1 Å². The molecular formula is C5H4BNO2S. The smallest absolute Gasteiger partial charge is 0.463 e. The number of hydrogen-bond donors (Lipinski definition) is 1. The van der Waals surface area contributed by atoms with Gasteiger partial charge in [-0.15, -0.1) is 0 Å². The maximum Gasteiger partial charge on any atom is 0.580 e. The zero-order chi connectivity index (χ0) is 7.40. The van der Waals surface area contributed by atoms with Crippen LogP contribution in [0.3, 0.4) is 0 Å². The van der Waals surface area contributed by atoms with Crippen molar-refractivity contribution in [1.29, 1.82) is 5.26 Å². The molecule has 0 aromatic carbocycles. The third-order valence-corrected chi connectivity index (χ3v) is 1.85. The molecule has 0 saturated heterocycles. The summed E-state index contributed by atoms with van der Waals surface area (Å²) in [4.78, 5) is 0. The molecule has 0 aliphatic heterocycles. The molecule has 0 fully saturated rings. The second-order valence-corrected chi connectivity index (χ2v) is 2.56. The molecule has 0 aliphatic carbocycles. The van der Waals surface area contributed by atoms with Gasteiger partial charge in [-0.2, -0.15) is 16.6 Å². The molecule has 0 amide bonds. The van der Waals surface area contributed by atoms with E-state index in [0.717, 1.165) is 0 Å². The van der Waals surface area contributed by atoms with Crippen LogP contribution in [0, 0.1) is 11.5 Å². The lowest BCUT2D eigenvalue weighted by atomic mass is 9.89. The molecule has 0 unspecified atom stereocenters. The molecule has 0 atom stereocenters. The van der Waals surface area contributed by atoms with Gasteiger partial charge in [-0.05, 0) is 5.38 Å². The van der Waals surface area contributed by atoms with Crippen molar-refractivity contribution >= 4 is 23.2 Å². The number of nitriles is 1. The lowest BCUT2D eigenvalue weighted by Crippen LogP contribution is -2.29. The predicted molar refractivity (Wildman–Crippen MR) is 38.6 cm³/mol. The largest absolute Gasteiger partial charge is 0.580 e. The van der Waals surface area contributed by atoms with Crippen molar-refractivity contribution in [2.45, 2.75) is 0 Å². The van der Waals surface area contributed by atoms with Gasteiger partial charge in [-0.3, -0.25) is 0 Å². The summed E-state index contributed by atoms with van der Waals surface area (Å²) in [6.45, 7) is 0. The van der Waals surface area contributed by atoms with Crippen LogP contribution in [0.15, 0.2) is 17.5 Å². The molecule has 1 N–H and O–H groups in total. The van der Waals surface area contributed by atoms with Gasteiger partial charge in [-0.25, -0.2) is 0 Å². The molecule has 1 rings (SSSR count). The lowest BCUT2D eigenvalue weighted by Gasteiger charge is -1.94. The molecule has 0 saturated carbocycles. The Morgan fingerprint density at radius 1 is 1.80 bits per heavy atom. The highest BCUT2D eigenvalue weighted by atomic mass is 32.1. The SMILES string of the molecule is N#COB(O)c1cccs1. The highest BCUT2D eigenvalue weighted by Crippen LogP contribution is 1.94. The van der Waals surface area contributed by atoms with E-state index in [-0.39, 0.29) is 0 Å². The Hall–Kier alpha value is -0.985. The second kappa shape index (κ2) is 3.25. The molecule has 1 aromatic heterocycles. The Morgan fingerprint density at radius 2 is 2.60 bits per heavy atom. The minimum absolute atomic E-state index is 0.640. The molecule has 3 nitrogen and oxygen atoms in total. The van der Waals surface area contributed by atoms with Gasteiger partial charge >= 0.3 is 7.12 Å². The van der Waals surface area contributed by atoms with Gasteiger partial charge in [0, 0.05) is 0 Å². The fourth-order valence-corrected chi connectivity index (χ4v) is 1.18. The van der Waals surface area contributed by atoms with Crippen molar-refractivity contribution in [2.75, 3.05) is 0 Å². The molecule has 0 aliphatic rings. The van der Waals surface area contributed by atoms with E-state index in [9.17, 15) is 0 Å². The van der Waals surface area contributed by atoms with Crippen LogP contribution in [0.2, 0.25) is 0 Å². The Labute approximate surface area is 62.6 Å². The maximum absolute atomic E-state index is 8.98. The molecule has 0 radical (unpaired) electrons. The van der Waals surface area contributed by atoms with E-state index < -0.39 is 7.12 Å². The van der Waals surface area contributed by atoms with E-state index in [0.29, 0.717) is 4.78 Å². The molecule has 0 spiro atoms. The summed E-state index contributed by atoms with van der Waals surface area (Å²) in [5.41, 5.74) is 0. The summed E-state index contributed by atoms with van der Waals surface area (Å²) >= 11 is 1.34. The first-order chi connectivity index (χ1) is 4.84. The molecule has 10 heavy (non-hydrogen) atoms. The van der Waals surface area contributed by atoms with Crippen LogP contribution in [-0.2, 0) is 4.65 Å². The van der Waals surface area contributed by atoms with Crippen molar-refractivity contribution < 1.29 is 9.68 Å². The van der Waals surface area contributed by atoms with Crippen molar-refractivity contribution in [1.82, 2.24) is 0 Å². The monoisotopic (exact) mass is 153 g/mol. The Kier molecular flexibility index (Phi) is 2.32. The highest BCUT2D eigenvalue weighted by Gasteiger charge is 2.18. The van der Waals surface area contributed by atoms with E-state index in [4.69, 9.17) is 10.3 Å². The molecule has 5 heteroatoms. The zero-order valence-corrected chi connectivity index (χ0v) is 5.84. The van der Waals surface area contributed by atoms with Gasteiger partial charge in [0.15, 0.2) is 0 Å².